The Labute approximate surface area is 160 Å². The quantitative estimate of drug-likeness (QED) is 0.687. The van der Waals surface area contributed by atoms with Gasteiger partial charge < -0.3 is 4.90 Å². The highest BCUT2D eigenvalue weighted by Crippen LogP contribution is 2.27. The molecular formula is C18H18ClN5OS. The van der Waals surface area contributed by atoms with Gasteiger partial charge in [0.25, 0.3) is 5.91 Å². The fourth-order valence-electron chi connectivity index (χ4n) is 3.18. The minimum atomic E-state index is 0.0926. The van der Waals surface area contributed by atoms with Gasteiger partial charge in [0.15, 0.2) is 5.82 Å². The number of tetrazole rings is 1. The molecule has 0 spiro atoms. The van der Waals surface area contributed by atoms with Gasteiger partial charge in [-0.1, -0.05) is 17.7 Å². The second-order valence-electron chi connectivity index (χ2n) is 6.42. The van der Waals surface area contributed by atoms with Gasteiger partial charge in [0.1, 0.15) is 0 Å². The number of carbonyl (C=O) groups is 1. The Bertz CT molecular complexity index is 937. The molecule has 1 fully saturated rings. The molecule has 26 heavy (non-hydrogen) atoms. The molecule has 0 aliphatic carbocycles. The van der Waals surface area contributed by atoms with Gasteiger partial charge in [-0.25, -0.2) is 0 Å². The van der Waals surface area contributed by atoms with E-state index >= 15 is 0 Å². The van der Waals surface area contributed by atoms with Gasteiger partial charge in [-0.2, -0.15) is 0 Å². The van der Waals surface area contributed by atoms with Crippen LogP contribution < -0.4 is 0 Å². The maximum absolute atomic E-state index is 12.7. The Hall–Kier alpha value is -2.25. The van der Waals surface area contributed by atoms with Crippen LogP contribution in [0.3, 0.4) is 0 Å². The van der Waals surface area contributed by atoms with Crippen molar-refractivity contribution in [3.63, 3.8) is 0 Å². The van der Waals surface area contributed by atoms with Gasteiger partial charge in [-0.15, -0.1) is 26.3 Å². The molecule has 1 amide bonds. The topological polar surface area (TPSA) is 63.9 Å². The summed E-state index contributed by atoms with van der Waals surface area (Å²) >= 11 is 7.57. The highest BCUT2D eigenvalue weighted by molar-refractivity contribution is 7.13. The summed E-state index contributed by atoms with van der Waals surface area (Å²) in [5, 5.41) is 13.5. The first-order chi connectivity index (χ1) is 12.6. The van der Waals surface area contributed by atoms with Crippen LogP contribution in [0.4, 0.5) is 0 Å². The first-order valence-electron chi connectivity index (χ1n) is 8.52. The number of hydrogen-bond donors (Lipinski definition) is 0. The fourth-order valence-corrected chi connectivity index (χ4v) is 4.20. The van der Waals surface area contributed by atoms with E-state index in [2.05, 4.69) is 15.4 Å². The lowest BCUT2D eigenvalue weighted by molar-refractivity contribution is 0.0709. The van der Waals surface area contributed by atoms with Crippen LogP contribution in [0.2, 0.25) is 5.02 Å². The summed E-state index contributed by atoms with van der Waals surface area (Å²) in [6, 6.07) is 11.2. The molecule has 2 aromatic heterocycles. The number of carbonyl (C=O) groups excluding carboxylic acids is 1. The molecular weight excluding hydrogens is 370 g/mol. The van der Waals surface area contributed by atoms with E-state index in [1.54, 1.807) is 12.1 Å². The summed E-state index contributed by atoms with van der Waals surface area (Å²) in [7, 11) is 0. The van der Waals surface area contributed by atoms with E-state index < -0.39 is 0 Å². The summed E-state index contributed by atoms with van der Waals surface area (Å²) < 4.78 is 0. The SMILES string of the molecule is Cc1ccc(C(=O)N2CCCC(c3nnn(-c4cccc(Cl)c4)n3)C2)s1. The minimum absolute atomic E-state index is 0.0926. The average molecular weight is 388 g/mol. The molecule has 134 valence electrons. The van der Waals surface area contributed by atoms with E-state index in [1.807, 2.05) is 36.1 Å². The number of piperidine rings is 1. The van der Waals surface area contributed by atoms with Crippen molar-refractivity contribution in [2.45, 2.75) is 25.7 Å². The van der Waals surface area contributed by atoms with Crippen molar-refractivity contribution in [2.24, 2.45) is 0 Å². The van der Waals surface area contributed by atoms with Crippen LogP contribution in [0, 0.1) is 6.92 Å². The number of likely N-dealkylation sites (tertiary alicyclic amines) is 1. The number of aryl methyl sites for hydroxylation is 1. The third kappa shape index (κ3) is 3.50. The molecule has 1 aliphatic heterocycles. The van der Waals surface area contributed by atoms with Crippen LogP contribution in [0.25, 0.3) is 5.69 Å². The zero-order valence-corrected chi connectivity index (χ0v) is 15.9. The fraction of sp³-hybridized carbons (Fsp3) is 0.333. The molecule has 1 atom stereocenters. The van der Waals surface area contributed by atoms with Gasteiger partial charge >= 0.3 is 0 Å². The molecule has 3 heterocycles. The lowest BCUT2D eigenvalue weighted by Gasteiger charge is -2.30. The first kappa shape index (κ1) is 17.2. The van der Waals surface area contributed by atoms with Crippen LogP contribution in [-0.4, -0.2) is 44.1 Å². The van der Waals surface area contributed by atoms with Crippen LogP contribution in [-0.2, 0) is 0 Å². The van der Waals surface area contributed by atoms with Crippen molar-refractivity contribution >= 4 is 28.8 Å². The predicted octanol–water partition coefficient (Wildman–Crippen LogP) is 3.71. The van der Waals surface area contributed by atoms with E-state index in [4.69, 9.17) is 11.6 Å². The van der Waals surface area contributed by atoms with Gasteiger partial charge in [0, 0.05) is 28.9 Å². The highest BCUT2D eigenvalue weighted by atomic mass is 35.5. The number of halogens is 1. The molecule has 1 aromatic carbocycles. The van der Waals surface area contributed by atoms with Crippen molar-refractivity contribution in [3.05, 3.63) is 57.0 Å². The standard InChI is InChI=1S/C18H18ClN5OS/c1-12-7-8-16(26-12)18(25)23-9-3-4-13(11-23)17-20-22-24(21-17)15-6-2-5-14(19)10-15/h2,5-8,10,13H,3-4,9,11H2,1H3. The largest absolute Gasteiger partial charge is 0.337 e. The van der Waals surface area contributed by atoms with Gasteiger partial charge in [-0.05, 0) is 55.3 Å². The van der Waals surface area contributed by atoms with Crippen LogP contribution in [0.5, 0.6) is 0 Å². The number of rotatable bonds is 3. The van der Waals surface area contributed by atoms with Crippen molar-refractivity contribution < 1.29 is 4.79 Å². The van der Waals surface area contributed by atoms with Crippen LogP contribution >= 0.6 is 22.9 Å². The normalized spacial score (nSPS) is 17.5. The van der Waals surface area contributed by atoms with Gasteiger partial charge in [-0.3, -0.25) is 4.79 Å². The van der Waals surface area contributed by atoms with Crippen molar-refractivity contribution in [1.82, 2.24) is 25.1 Å². The average Bonchev–Trinajstić information content (AvgIpc) is 3.30. The van der Waals surface area contributed by atoms with Crippen molar-refractivity contribution in [2.75, 3.05) is 13.1 Å². The summed E-state index contributed by atoms with van der Waals surface area (Å²) in [5.41, 5.74) is 0.772. The van der Waals surface area contributed by atoms with Crippen LogP contribution in [0.15, 0.2) is 36.4 Å². The molecule has 1 unspecified atom stereocenters. The van der Waals surface area contributed by atoms with Crippen LogP contribution in [0.1, 0.15) is 39.1 Å². The number of hydrogen-bond acceptors (Lipinski definition) is 5. The summed E-state index contributed by atoms with van der Waals surface area (Å²) in [5.74, 6) is 0.863. The van der Waals surface area contributed by atoms with Crippen molar-refractivity contribution in [3.8, 4) is 5.69 Å². The molecule has 6 nitrogen and oxygen atoms in total. The lowest BCUT2D eigenvalue weighted by Crippen LogP contribution is -2.39. The zero-order chi connectivity index (χ0) is 18.1. The van der Waals surface area contributed by atoms with E-state index in [9.17, 15) is 4.79 Å². The molecule has 1 saturated heterocycles. The first-order valence-corrected chi connectivity index (χ1v) is 9.71. The molecule has 4 rings (SSSR count). The molecule has 1 aliphatic rings. The Morgan fingerprint density at radius 1 is 1.31 bits per heavy atom. The second kappa shape index (κ2) is 7.17. The molecule has 0 radical (unpaired) electrons. The molecule has 0 bridgehead atoms. The minimum Gasteiger partial charge on any atom is -0.337 e. The molecule has 3 aromatic rings. The predicted molar refractivity (Wildman–Crippen MR) is 101 cm³/mol. The second-order valence-corrected chi connectivity index (χ2v) is 8.14. The van der Waals surface area contributed by atoms with Crippen molar-refractivity contribution in [1.29, 1.82) is 0 Å². The number of nitrogens with zero attached hydrogens (tertiary/aromatic N) is 5. The Kier molecular flexibility index (Phi) is 4.74. The Balaban J connectivity index is 1.51. The Morgan fingerprint density at radius 2 is 2.19 bits per heavy atom. The number of benzene rings is 1. The maximum Gasteiger partial charge on any atom is 0.263 e. The van der Waals surface area contributed by atoms with E-state index in [-0.39, 0.29) is 11.8 Å². The monoisotopic (exact) mass is 387 g/mol. The van der Waals surface area contributed by atoms with E-state index in [0.717, 1.165) is 34.8 Å². The Morgan fingerprint density at radius 3 is 2.96 bits per heavy atom. The molecule has 8 heteroatoms. The maximum atomic E-state index is 12.7. The van der Waals surface area contributed by atoms with E-state index in [1.165, 1.54) is 16.1 Å². The third-order valence-electron chi connectivity index (χ3n) is 4.49. The number of thiophene rings is 1. The molecule has 0 saturated carbocycles. The highest BCUT2D eigenvalue weighted by Gasteiger charge is 2.28. The summed E-state index contributed by atoms with van der Waals surface area (Å²) in [4.78, 5) is 18.0. The zero-order valence-electron chi connectivity index (χ0n) is 14.3. The number of amides is 1. The summed E-state index contributed by atoms with van der Waals surface area (Å²) in [6.07, 6.45) is 1.89. The van der Waals surface area contributed by atoms with Gasteiger partial charge in [0.2, 0.25) is 0 Å². The third-order valence-corrected chi connectivity index (χ3v) is 5.72. The van der Waals surface area contributed by atoms with E-state index in [0.29, 0.717) is 17.4 Å². The smallest absolute Gasteiger partial charge is 0.263 e. The summed E-state index contributed by atoms with van der Waals surface area (Å²) in [6.45, 7) is 3.41. The van der Waals surface area contributed by atoms with Gasteiger partial charge in [0.05, 0.1) is 10.6 Å². The lowest BCUT2D eigenvalue weighted by atomic mass is 9.97. The molecule has 0 N–H and O–H groups in total. The number of aromatic nitrogens is 4.